The summed E-state index contributed by atoms with van der Waals surface area (Å²) in [4.78, 5) is 7.18. The first kappa shape index (κ1) is 11.7. The molecule has 0 spiro atoms. The van der Waals surface area contributed by atoms with Crippen LogP contribution in [-0.4, -0.2) is 28.9 Å². The van der Waals surface area contributed by atoms with E-state index in [1.54, 1.807) is 6.92 Å². The topological polar surface area (TPSA) is 35.0 Å². The molecule has 0 fully saturated rings. The molecule has 15 heavy (non-hydrogen) atoms. The Labute approximate surface area is 83.1 Å². The van der Waals surface area contributed by atoms with Crippen molar-refractivity contribution in [3.8, 4) is 5.88 Å². The predicted molar refractivity (Wildman–Crippen MR) is 43.2 cm³/mol. The van der Waals surface area contributed by atoms with Gasteiger partial charge in [0.1, 0.15) is 6.33 Å². The normalized spacial score (nSPS) is 11.9. The van der Waals surface area contributed by atoms with Gasteiger partial charge in [0.25, 0.3) is 0 Å². The van der Waals surface area contributed by atoms with Crippen LogP contribution in [0.25, 0.3) is 0 Å². The number of hydrogen-bond acceptors (Lipinski definition) is 3. The molecule has 0 unspecified atom stereocenters. The molecule has 0 bridgehead atoms. The van der Waals surface area contributed by atoms with E-state index < -0.39 is 19.0 Å². The number of hydrogen-bond donors (Lipinski definition) is 0. The van der Waals surface area contributed by atoms with Crippen LogP contribution < -0.4 is 4.74 Å². The number of nitrogens with zero attached hydrogens (tertiary/aromatic N) is 2. The summed E-state index contributed by atoms with van der Waals surface area (Å²) in [5.41, 5.74) is 0.500. The summed E-state index contributed by atoms with van der Waals surface area (Å²) in [6.45, 7) is 0.195. The van der Waals surface area contributed by atoms with Crippen molar-refractivity contribution >= 4 is 0 Å². The highest BCUT2D eigenvalue weighted by Crippen LogP contribution is 2.23. The van der Waals surface area contributed by atoms with E-state index in [4.69, 9.17) is 0 Å². The number of ether oxygens (including phenoxy) is 1. The van der Waals surface area contributed by atoms with Crippen molar-refractivity contribution in [3.05, 3.63) is 18.1 Å². The van der Waals surface area contributed by atoms with Crippen LogP contribution in [0.4, 0.5) is 17.6 Å². The third-order valence-electron chi connectivity index (χ3n) is 1.51. The van der Waals surface area contributed by atoms with Crippen molar-refractivity contribution < 1.29 is 22.3 Å². The molecule has 0 aromatic carbocycles. The molecule has 0 amide bonds. The zero-order valence-corrected chi connectivity index (χ0v) is 7.75. The van der Waals surface area contributed by atoms with Crippen LogP contribution in [-0.2, 0) is 0 Å². The lowest BCUT2D eigenvalue weighted by molar-refractivity contribution is -0.148. The molecule has 1 aromatic rings. The van der Waals surface area contributed by atoms with Crippen molar-refractivity contribution in [1.82, 2.24) is 9.97 Å². The van der Waals surface area contributed by atoms with E-state index in [0.717, 1.165) is 6.33 Å². The molecule has 0 saturated heterocycles. The average Bonchev–Trinajstić information content (AvgIpc) is 2.15. The van der Waals surface area contributed by atoms with Crippen LogP contribution in [0.1, 0.15) is 5.69 Å². The van der Waals surface area contributed by atoms with Gasteiger partial charge in [0.05, 0.1) is 0 Å². The minimum absolute atomic E-state index is 0.150. The van der Waals surface area contributed by atoms with Crippen molar-refractivity contribution in [2.24, 2.45) is 0 Å². The van der Waals surface area contributed by atoms with Gasteiger partial charge >= 0.3 is 12.3 Å². The maximum atomic E-state index is 12.4. The molecular weight excluding hydrogens is 216 g/mol. The second-order valence-electron chi connectivity index (χ2n) is 2.85. The lowest BCUT2D eigenvalue weighted by atomic mass is 10.4. The third kappa shape index (κ3) is 3.34. The van der Waals surface area contributed by atoms with Gasteiger partial charge in [-0.3, -0.25) is 0 Å². The van der Waals surface area contributed by atoms with Crippen LogP contribution in [0, 0.1) is 6.92 Å². The fourth-order valence-corrected chi connectivity index (χ4v) is 0.742. The SMILES string of the molecule is Cc1cc(OCC(F)(F)C(F)F)ncn1. The Balaban J connectivity index is 2.57. The molecule has 1 aromatic heterocycles. The minimum Gasteiger partial charge on any atom is -0.471 e. The Morgan fingerprint density at radius 3 is 2.60 bits per heavy atom. The fraction of sp³-hybridized carbons (Fsp3) is 0.500. The van der Waals surface area contributed by atoms with E-state index in [1.165, 1.54) is 6.07 Å². The maximum absolute atomic E-state index is 12.4. The molecule has 7 heteroatoms. The number of aromatic nitrogens is 2. The van der Waals surface area contributed by atoms with Gasteiger partial charge in [-0.15, -0.1) is 0 Å². The number of halogens is 4. The summed E-state index contributed by atoms with van der Waals surface area (Å²) < 4.78 is 52.7. The van der Waals surface area contributed by atoms with E-state index in [9.17, 15) is 17.6 Å². The van der Waals surface area contributed by atoms with Gasteiger partial charge in [0, 0.05) is 11.8 Å². The monoisotopic (exact) mass is 224 g/mol. The van der Waals surface area contributed by atoms with Crippen molar-refractivity contribution in [2.75, 3.05) is 6.61 Å². The van der Waals surface area contributed by atoms with Gasteiger partial charge in [0.2, 0.25) is 5.88 Å². The van der Waals surface area contributed by atoms with Crippen molar-refractivity contribution in [1.29, 1.82) is 0 Å². The van der Waals surface area contributed by atoms with Crippen molar-refractivity contribution in [3.63, 3.8) is 0 Å². The first-order chi connectivity index (χ1) is 6.92. The van der Waals surface area contributed by atoms with Crippen molar-refractivity contribution in [2.45, 2.75) is 19.3 Å². The molecule has 0 saturated carbocycles. The zero-order valence-electron chi connectivity index (χ0n) is 7.75. The van der Waals surface area contributed by atoms with Gasteiger partial charge in [0.15, 0.2) is 6.61 Å². The second-order valence-corrected chi connectivity index (χ2v) is 2.85. The van der Waals surface area contributed by atoms with Gasteiger partial charge < -0.3 is 4.74 Å². The van der Waals surface area contributed by atoms with Crippen LogP contribution in [0.15, 0.2) is 12.4 Å². The summed E-state index contributed by atoms with van der Waals surface area (Å²) >= 11 is 0. The molecule has 1 rings (SSSR count). The molecule has 84 valence electrons. The lowest BCUT2D eigenvalue weighted by Gasteiger charge is -2.15. The largest absolute Gasteiger partial charge is 0.471 e. The predicted octanol–water partition coefficient (Wildman–Crippen LogP) is 2.06. The van der Waals surface area contributed by atoms with Gasteiger partial charge in [-0.2, -0.15) is 8.78 Å². The van der Waals surface area contributed by atoms with E-state index in [0.29, 0.717) is 5.69 Å². The number of alkyl halides is 4. The Bertz CT molecular complexity index is 332. The Morgan fingerprint density at radius 1 is 1.40 bits per heavy atom. The Morgan fingerprint density at radius 2 is 2.07 bits per heavy atom. The molecule has 0 aliphatic carbocycles. The molecule has 3 nitrogen and oxygen atoms in total. The maximum Gasteiger partial charge on any atom is 0.340 e. The minimum atomic E-state index is -4.17. The first-order valence-corrected chi connectivity index (χ1v) is 3.99. The van der Waals surface area contributed by atoms with Gasteiger partial charge in [-0.25, -0.2) is 18.7 Å². The highest BCUT2D eigenvalue weighted by atomic mass is 19.3. The standard InChI is InChI=1S/C8H8F4N2O/c1-5-2-6(14-4-13-5)15-3-8(11,12)7(9)10/h2,4,7H,3H2,1H3. The highest BCUT2D eigenvalue weighted by molar-refractivity contribution is 5.11. The summed E-state index contributed by atoms with van der Waals surface area (Å²) in [5, 5.41) is 0. The second kappa shape index (κ2) is 4.41. The lowest BCUT2D eigenvalue weighted by Crippen LogP contribution is -2.33. The molecule has 0 aliphatic heterocycles. The molecule has 0 aliphatic rings. The molecule has 0 atom stereocenters. The van der Waals surface area contributed by atoms with Crippen LogP contribution >= 0.6 is 0 Å². The number of aryl methyl sites for hydroxylation is 1. The van der Waals surface area contributed by atoms with Crippen LogP contribution in [0.5, 0.6) is 5.88 Å². The number of rotatable bonds is 4. The zero-order chi connectivity index (χ0) is 11.5. The smallest absolute Gasteiger partial charge is 0.340 e. The van der Waals surface area contributed by atoms with Crippen LogP contribution in [0.3, 0.4) is 0 Å². The summed E-state index contributed by atoms with van der Waals surface area (Å²) in [5.74, 6) is -4.32. The van der Waals surface area contributed by atoms with E-state index in [-0.39, 0.29) is 5.88 Å². The molecule has 1 heterocycles. The van der Waals surface area contributed by atoms with E-state index in [1.807, 2.05) is 0 Å². The van der Waals surface area contributed by atoms with Crippen LogP contribution in [0.2, 0.25) is 0 Å². The third-order valence-corrected chi connectivity index (χ3v) is 1.51. The fourth-order valence-electron chi connectivity index (χ4n) is 0.742. The first-order valence-electron chi connectivity index (χ1n) is 3.99. The Kier molecular flexibility index (Phi) is 3.43. The quantitative estimate of drug-likeness (QED) is 0.734. The van der Waals surface area contributed by atoms with Gasteiger partial charge in [-0.05, 0) is 6.92 Å². The molecular formula is C8H8F4N2O. The highest BCUT2D eigenvalue weighted by Gasteiger charge is 2.41. The molecule has 0 radical (unpaired) electrons. The summed E-state index contributed by atoms with van der Waals surface area (Å²) in [6, 6.07) is 1.28. The van der Waals surface area contributed by atoms with E-state index in [2.05, 4.69) is 14.7 Å². The Hall–Kier alpha value is -1.40. The molecule has 0 N–H and O–H groups in total. The van der Waals surface area contributed by atoms with Gasteiger partial charge in [-0.1, -0.05) is 0 Å². The summed E-state index contributed by atoms with van der Waals surface area (Å²) in [7, 11) is 0. The average molecular weight is 224 g/mol. The summed E-state index contributed by atoms with van der Waals surface area (Å²) in [6.07, 6.45) is -2.65. The van der Waals surface area contributed by atoms with E-state index >= 15 is 0 Å².